The molecule has 3 aliphatic heterocycles. The second-order valence-electron chi connectivity index (χ2n) is 15.3. The molecule has 50 heavy (non-hydrogen) atoms. The van der Waals surface area contributed by atoms with Crippen LogP contribution < -0.4 is 41.3 Å². The fourth-order valence-corrected chi connectivity index (χ4v) is 9.73. The SMILES string of the molecule is CN(C)c1ccc2c(c1)C(C)(C)c1cc3c(cc1=C2)CCC[N+]=3CCCC(=O)NCCCCCNC(=O)CCCC[C@@H]1SC[C@H]2NC(=O)N[C@@H]12. The summed E-state index contributed by atoms with van der Waals surface area (Å²) in [6, 6.07) is 12.1. The van der Waals surface area contributed by atoms with Gasteiger partial charge in [0, 0.05) is 86.6 Å². The minimum atomic E-state index is -0.0935. The molecule has 2 aromatic carbocycles. The second kappa shape index (κ2) is 16.2. The van der Waals surface area contributed by atoms with Crippen LogP contribution in [-0.2, 0) is 21.4 Å². The van der Waals surface area contributed by atoms with Gasteiger partial charge in [0.1, 0.15) is 13.1 Å². The molecule has 9 nitrogen and oxygen atoms in total. The van der Waals surface area contributed by atoms with Crippen LogP contribution in [0.5, 0.6) is 0 Å². The number of fused-ring (bicyclic) bond motifs is 4. The predicted molar refractivity (Wildman–Crippen MR) is 205 cm³/mol. The summed E-state index contributed by atoms with van der Waals surface area (Å²) in [7, 11) is 4.20. The quantitative estimate of drug-likeness (QED) is 0.122. The Bertz CT molecular complexity index is 1710. The van der Waals surface area contributed by atoms with Gasteiger partial charge in [0.15, 0.2) is 0 Å². The Morgan fingerprint density at radius 1 is 0.940 bits per heavy atom. The van der Waals surface area contributed by atoms with Crippen molar-refractivity contribution in [2.24, 2.45) is 0 Å². The van der Waals surface area contributed by atoms with Gasteiger partial charge in [0.2, 0.25) is 17.2 Å². The van der Waals surface area contributed by atoms with Gasteiger partial charge in [-0.3, -0.25) is 9.59 Å². The standard InChI is InChI=1S/C40H56N6O3S/c1-40(2)31-24-30(45(3)4)17-16-27(31)22-29-23-28-12-10-20-46(34(28)25-32(29)40)21-11-15-37(48)42-19-9-5-8-18-41-36(47)14-7-6-13-35-38-33(26-50-35)43-39(49)44-38/h16-17,22-25,33,35,38H,5-15,18-21,26H2,1-4H3,(H3-,41,42,43,44,47,48,49)/p+1/t33-,35+,38-/m1/s1. The van der Waals surface area contributed by atoms with Crippen LogP contribution >= 0.6 is 11.8 Å². The number of benzene rings is 2. The maximum atomic E-state index is 12.6. The van der Waals surface area contributed by atoms with Gasteiger partial charge < -0.3 is 26.2 Å². The van der Waals surface area contributed by atoms with E-state index in [0.29, 0.717) is 31.2 Å². The van der Waals surface area contributed by atoms with E-state index in [0.717, 1.165) is 76.6 Å². The van der Waals surface area contributed by atoms with Gasteiger partial charge in [-0.15, -0.1) is 0 Å². The number of unbranched alkanes of at least 4 members (excludes halogenated alkanes) is 3. The van der Waals surface area contributed by atoms with Crippen LogP contribution in [0, 0.1) is 0 Å². The van der Waals surface area contributed by atoms with Crippen LogP contribution in [0.1, 0.15) is 100 Å². The molecule has 10 heteroatoms. The van der Waals surface area contributed by atoms with Crippen LogP contribution in [-0.4, -0.2) is 81.2 Å². The molecule has 0 saturated carbocycles. The number of nitrogens with one attached hydrogen (secondary N) is 4. The molecule has 2 aromatic rings. The van der Waals surface area contributed by atoms with Gasteiger partial charge in [-0.2, -0.15) is 11.8 Å². The van der Waals surface area contributed by atoms with Gasteiger partial charge in [-0.05, 0) is 84.7 Å². The number of hydrogen-bond acceptors (Lipinski definition) is 5. The maximum absolute atomic E-state index is 12.6. The minimum Gasteiger partial charge on any atom is -0.378 e. The highest BCUT2D eigenvalue weighted by Crippen LogP contribution is 2.37. The van der Waals surface area contributed by atoms with Crippen LogP contribution in [0.25, 0.3) is 6.08 Å². The number of rotatable bonds is 16. The summed E-state index contributed by atoms with van der Waals surface area (Å²) in [6.45, 7) is 8.00. The molecule has 270 valence electrons. The number of carbonyl (C=O) groups excluding carboxylic acids is 3. The minimum absolute atomic E-state index is 0.0465. The van der Waals surface area contributed by atoms with E-state index in [2.05, 4.69) is 95.1 Å². The van der Waals surface area contributed by atoms with Crippen molar-refractivity contribution in [1.29, 1.82) is 0 Å². The molecule has 3 atom stereocenters. The number of hydrogen-bond donors (Lipinski definition) is 4. The van der Waals surface area contributed by atoms with E-state index in [1.165, 1.54) is 38.5 Å². The molecule has 4 aliphatic rings. The zero-order chi connectivity index (χ0) is 35.3. The molecular formula is C40H57N6O3S+. The molecule has 0 aromatic heterocycles. The lowest BCUT2D eigenvalue weighted by Gasteiger charge is -2.33. The third-order valence-electron chi connectivity index (χ3n) is 11.1. The van der Waals surface area contributed by atoms with Crippen molar-refractivity contribution < 1.29 is 14.4 Å². The average Bonchev–Trinajstić information content (AvgIpc) is 3.64. The first-order valence-corrected chi connectivity index (χ1v) is 20.0. The summed E-state index contributed by atoms with van der Waals surface area (Å²) in [5.74, 6) is 1.22. The fourth-order valence-electron chi connectivity index (χ4n) is 8.19. The van der Waals surface area contributed by atoms with E-state index in [9.17, 15) is 14.4 Å². The van der Waals surface area contributed by atoms with Crippen molar-refractivity contribution in [3.63, 3.8) is 0 Å². The third kappa shape index (κ3) is 8.49. The first kappa shape index (κ1) is 36.3. The lowest BCUT2D eigenvalue weighted by atomic mass is 9.71. The molecule has 0 radical (unpaired) electrons. The zero-order valence-electron chi connectivity index (χ0n) is 30.5. The van der Waals surface area contributed by atoms with E-state index in [1.54, 1.807) is 0 Å². The van der Waals surface area contributed by atoms with Crippen LogP contribution in [0.15, 0.2) is 30.3 Å². The molecule has 4 N–H and O–H groups in total. The monoisotopic (exact) mass is 701 g/mol. The highest BCUT2D eigenvalue weighted by molar-refractivity contribution is 8.00. The topological polar surface area (TPSA) is 106 Å². The Morgan fingerprint density at radius 3 is 2.46 bits per heavy atom. The summed E-state index contributed by atoms with van der Waals surface area (Å²) in [4.78, 5) is 38.6. The first-order chi connectivity index (χ1) is 24.1. The molecule has 0 bridgehead atoms. The van der Waals surface area contributed by atoms with E-state index in [4.69, 9.17) is 0 Å². The van der Waals surface area contributed by atoms with Crippen LogP contribution in [0.4, 0.5) is 10.5 Å². The number of aryl methyl sites for hydroxylation is 1. The number of nitrogens with zero attached hydrogens (tertiary/aromatic N) is 2. The number of anilines is 1. The number of thioether (sulfide) groups is 1. The summed E-state index contributed by atoms with van der Waals surface area (Å²) in [6.07, 6.45) is 12.3. The molecule has 0 unspecified atom stereocenters. The molecule has 4 amide bonds. The highest BCUT2D eigenvalue weighted by Gasteiger charge is 2.42. The Labute approximate surface area is 302 Å². The van der Waals surface area contributed by atoms with E-state index >= 15 is 0 Å². The Morgan fingerprint density at radius 2 is 1.70 bits per heavy atom. The van der Waals surface area contributed by atoms with Gasteiger partial charge in [0.05, 0.1) is 12.1 Å². The summed E-state index contributed by atoms with van der Waals surface area (Å²) in [5.41, 5.74) is 6.63. The molecular weight excluding hydrogens is 645 g/mol. The van der Waals surface area contributed by atoms with Crippen molar-refractivity contribution in [3.8, 4) is 0 Å². The molecule has 2 saturated heterocycles. The van der Waals surface area contributed by atoms with E-state index in [1.807, 2.05) is 11.8 Å². The zero-order valence-corrected chi connectivity index (χ0v) is 31.4. The average molecular weight is 702 g/mol. The van der Waals surface area contributed by atoms with Crippen molar-refractivity contribution >= 4 is 41.4 Å². The molecule has 1 aliphatic carbocycles. The van der Waals surface area contributed by atoms with Crippen molar-refractivity contribution in [3.05, 3.63) is 63.2 Å². The largest absolute Gasteiger partial charge is 0.378 e. The summed E-state index contributed by atoms with van der Waals surface area (Å²) >= 11 is 1.92. The molecule has 0 spiro atoms. The van der Waals surface area contributed by atoms with Gasteiger partial charge in [-0.1, -0.05) is 26.3 Å². The Balaban J connectivity index is 0.873. The smallest absolute Gasteiger partial charge is 0.315 e. The third-order valence-corrected chi connectivity index (χ3v) is 12.6. The van der Waals surface area contributed by atoms with Gasteiger partial charge >= 0.3 is 6.03 Å². The normalized spacial score (nSPS) is 21.2. The Kier molecular flexibility index (Phi) is 11.8. The van der Waals surface area contributed by atoms with Crippen molar-refractivity contribution in [1.82, 2.24) is 25.8 Å². The predicted octanol–water partition coefficient (Wildman–Crippen LogP) is 3.57. The van der Waals surface area contributed by atoms with Crippen molar-refractivity contribution in [2.45, 2.75) is 107 Å². The lowest BCUT2D eigenvalue weighted by molar-refractivity contribution is -0.121. The van der Waals surface area contributed by atoms with Crippen LogP contribution in [0.2, 0.25) is 0 Å². The first-order valence-electron chi connectivity index (χ1n) is 18.9. The number of amides is 4. The second-order valence-corrected chi connectivity index (χ2v) is 16.6. The summed E-state index contributed by atoms with van der Waals surface area (Å²) in [5, 5.41) is 15.3. The molecule has 3 heterocycles. The molecule has 6 rings (SSSR count). The highest BCUT2D eigenvalue weighted by atomic mass is 32.2. The number of carbonyl (C=O) groups is 3. The molecule has 2 fully saturated rings. The van der Waals surface area contributed by atoms with Gasteiger partial charge in [0.25, 0.3) is 0 Å². The van der Waals surface area contributed by atoms with E-state index < -0.39 is 0 Å². The Hall–Kier alpha value is -3.53. The van der Waals surface area contributed by atoms with E-state index in [-0.39, 0.29) is 35.3 Å². The fraction of sp³-hybridized carbons (Fsp3) is 0.600. The summed E-state index contributed by atoms with van der Waals surface area (Å²) < 4.78 is 2.50. The van der Waals surface area contributed by atoms with Gasteiger partial charge in [-0.25, -0.2) is 9.37 Å². The van der Waals surface area contributed by atoms with Crippen molar-refractivity contribution in [2.75, 3.05) is 50.9 Å². The maximum Gasteiger partial charge on any atom is 0.315 e. The lowest BCUT2D eigenvalue weighted by Crippen LogP contribution is -2.42. The number of urea groups is 1. The van der Waals surface area contributed by atoms with Crippen LogP contribution in [0.3, 0.4) is 0 Å².